The SMILES string of the molecule is CCCCCCCCCCCOc1ccc(-c2ccc(C(=O)O)cc2)cc1.Cl. The van der Waals surface area contributed by atoms with Crippen molar-refractivity contribution < 1.29 is 14.6 Å². The maximum Gasteiger partial charge on any atom is 0.335 e. The van der Waals surface area contributed by atoms with E-state index in [0.29, 0.717) is 5.56 Å². The summed E-state index contributed by atoms with van der Waals surface area (Å²) >= 11 is 0. The van der Waals surface area contributed by atoms with Crippen LogP contribution in [-0.4, -0.2) is 17.7 Å². The normalized spacial score (nSPS) is 10.3. The fourth-order valence-corrected chi connectivity index (χ4v) is 3.15. The summed E-state index contributed by atoms with van der Waals surface area (Å²) in [7, 11) is 0. The molecular formula is C24H33ClO3. The second-order valence-corrected chi connectivity index (χ2v) is 7.08. The van der Waals surface area contributed by atoms with Crippen LogP contribution in [0.15, 0.2) is 48.5 Å². The Balaban J connectivity index is 0.00000392. The summed E-state index contributed by atoms with van der Waals surface area (Å²) < 4.78 is 5.83. The zero-order chi connectivity index (χ0) is 19.3. The van der Waals surface area contributed by atoms with Gasteiger partial charge in [-0.3, -0.25) is 0 Å². The predicted molar refractivity (Wildman–Crippen MR) is 119 cm³/mol. The summed E-state index contributed by atoms with van der Waals surface area (Å²) in [6, 6.07) is 14.9. The molecule has 0 unspecified atom stereocenters. The molecule has 154 valence electrons. The van der Waals surface area contributed by atoms with Gasteiger partial charge in [-0.2, -0.15) is 0 Å². The number of carboxylic acid groups (broad SMARTS) is 1. The van der Waals surface area contributed by atoms with Gasteiger partial charge in [-0.05, 0) is 41.8 Å². The molecule has 0 atom stereocenters. The average Bonchev–Trinajstić information content (AvgIpc) is 2.70. The molecule has 0 heterocycles. The first kappa shape index (κ1) is 24.0. The van der Waals surface area contributed by atoms with Crippen molar-refractivity contribution >= 4 is 18.4 Å². The van der Waals surface area contributed by atoms with Gasteiger partial charge in [-0.15, -0.1) is 12.4 Å². The predicted octanol–water partition coefficient (Wildman–Crippen LogP) is 7.38. The van der Waals surface area contributed by atoms with E-state index in [1.165, 1.54) is 51.4 Å². The molecule has 0 aliphatic rings. The summed E-state index contributed by atoms with van der Waals surface area (Å²) in [4.78, 5) is 10.9. The highest BCUT2D eigenvalue weighted by Gasteiger charge is 2.03. The van der Waals surface area contributed by atoms with E-state index in [0.717, 1.165) is 29.9 Å². The summed E-state index contributed by atoms with van der Waals surface area (Å²) in [5, 5.41) is 8.96. The molecule has 0 bridgehead atoms. The highest BCUT2D eigenvalue weighted by molar-refractivity contribution is 5.88. The molecule has 0 aliphatic heterocycles. The number of hydrogen-bond acceptors (Lipinski definition) is 2. The second kappa shape index (κ2) is 14.1. The van der Waals surface area contributed by atoms with Crippen LogP contribution in [0.2, 0.25) is 0 Å². The van der Waals surface area contributed by atoms with Gasteiger partial charge >= 0.3 is 5.97 Å². The van der Waals surface area contributed by atoms with Crippen molar-refractivity contribution in [3.63, 3.8) is 0 Å². The Bertz CT molecular complexity index is 665. The minimum absolute atomic E-state index is 0. The lowest BCUT2D eigenvalue weighted by Gasteiger charge is -2.08. The van der Waals surface area contributed by atoms with E-state index in [2.05, 4.69) is 6.92 Å². The quantitative estimate of drug-likeness (QED) is 0.354. The number of hydrogen-bond donors (Lipinski definition) is 1. The topological polar surface area (TPSA) is 46.5 Å². The minimum atomic E-state index is -0.901. The zero-order valence-corrected chi connectivity index (χ0v) is 17.7. The van der Waals surface area contributed by atoms with Gasteiger partial charge in [0.25, 0.3) is 0 Å². The van der Waals surface area contributed by atoms with Crippen LogP contribution in [0.1, 0.15) is 75.1 Å². The smallest absolute Gasteiger partial charge is 0.335 e. The van der Waals surface area contributed by atoms with Gasteiger partial charge in [0, 0.05) is 0 Å². The van der Waals surface area contributed by atoms with Gasteiger partial charge in [-0.1, -0.05) is 82.6 Å². The molecule has 0 fully saturated rings. The number of ether oxygens (including phenoxy) is 1. The maximum absolute atomic E-state index is 10.9. The molecule has 2 aromatic rings. The molecular weight excluding hydrogens is 372 g/mol. The summed E-state index contributed by atoms with van der Waals surface area (Å²) in [6.07, 6.45) is 11.8. The molecule has 0 aliphatic carbocycles. The van der Waals surface area contributed by atoms with E-state index in [9.17, 15) is 4.79 Å². The van der Waals surface area contributed by atoms with Gasteiger partial charge in [0.05, 0.1) is 12.2 Å². The summed E-state index contributed by atoms with van der Waals surface area (Å²) in [5.74, 6) is -0.0118. The summed E-state index contributed by atoms with van der Waals surface area (Å²) in [6.45, 7) is 3.02. The number of rotatable bonds is 13. The van der Waals surface area contributed by atoms with Gasteiger partial charge in [-0.25, -0.2) is 4.79 Å². The maximum atomic E-state index is 10.9. The van der Waals surface area contributed by atoms with Gasteiger partial charge in [0.15, 0.2) is 0 Å². The molecule has 2 aromatic carbocycles. The van der Waals surface area contributed by atoms with E-state index >= 15 is 0 Å². The third kappa shape index (κ3) is 8.79. The van der Waals surface area contributed by atoms with Crippen molar-refractivity contribution in [1.82, 2.24) is 0 Å². The molecule has 3 nitrogen and oxygen atoms in total. The number of halogens is 1. The van der Waals surface area contributed by atoms with Crippen LogP contribution in [0.3, 0.4) is 0 Å². The molecule has 0 aromatic heterocycles. The van der Waals surface area contributed by atoms with Crippen molar-refractivity contribution in [3.05, 3.63) is 54.1 Å². The molecule has 0 radical (unpaired) electrons. The van der Waals surface area contributed by atoms with Crippen molar-refractivity contribution in [1.29, 1.82) is 0 Å². The van der Waals surface area contributed by atoms with Crippen LogP contribution in [0.25, 0.3) is 11.1 Å². The van der Waals surface area contributed by atoms with E-state index in [4.69, 9.17) is 9.84 Å². The zero-order valence-electron chi connectivity index (χ0n) is 16.9. The fourth-order valence-electron chi connectivity index (χ4n) is 3.15. The first-order chi connectivity index (χ1) is 13.2. The molecule has 1 N–H and O–H groups in total. The highest BCUT2D eigenvalue weighted by Crippen LogP contribution is 2.23. The standard InChI is InChI=1S/C24H32O3.ClH/c1-2-3-4-5-6-7-8-9-10-19-27-23-17-15-21(16-18-23)20-11-13-22(14-12-20)24(25)26;/h11-18H,2-10,19H2,1H3,(H,25,26);1H. The third-order valence-electron chi connectivity index (χ3n) is 4.84. The van der Waals surface area contributed by atoms with E-state index in [1.807, 2.05) is 36.4 Å². The molecule has 28 heavy (non-hydrogen) atoms. The Morgan fingerprint density at radius 3 is 1.71 bits per heavy atom. The second-order valence-electron chi connectivity index (χ2n) is 7.08. The lowest BCUT2D eigenvalue weighted by molar-refractivity contribution is 0.0697. The fraction of sp³-hybridized carbons (Fsp3) is 0.458. The van der Waals surface area contributed by atoms with E-state index < -0.39 is 5.97 Å². The van der Waals surface area contributed by atoms with Crippen LogP contribution in [0, 0.1) is 0 Å². The number of carbonyl (C=O) groups is 1. The monoisotopic (exact) mass is 404 g/mol. The number of unbranched alkanes of at least 4 members (excludes halogenated alkanes) is 8. The number of benzene rings is 2. The molecule has 4 heteroatoms. The van der Waals surface area contributed by atoms with Crippen molar-refractivity contribution in [2.75, 3.05) is 6.61 Å². The molecule has 0 saturated heterocycles. The van der Waals surface area contributed by atoms with Gasteiger partial charge in [0.2, 0.25) is 0 Å². The Morgan fingerprint density at radius 1 is 0.750 bits per heavy atom. The lowest BCUT2D eigenvalue weighted by Crippen LogP contribution is -1.97. The van der Waals surface area contributed by atoms with Crippen LogP contribution in [0.4, 0.5) is 0 Å². The molecule has 0 spiro atoms. The lowest BCUT2D eigenvalue weighted by atomic mass is 10.0. The van der Waals surface area contributed by atoms with Crippen LogP contribution >= 0.6 is 12.4 Å². The largest absolute Gasteiger partial charge is 0.494 e. The van der Waals surface area contributed by atoms with Crippen LogP contribution in [-0.2, 0) is 0 Å². The Hall–Kier alpha value is -2.00. The van der Waals surface area contributed by atoms with Crippen LogP contribution in [0.5, 0.6) is 5.75 Å². The van der Waals surface area contributed by atoms with Crippen molar-refractivity contribution in [3.8, 4) is 16.9 Å². The summed E-state index contributed by atoms with van der Waals surface area (Å²) in [5.41, 5.74) is 2.37. The van der Waals surface area contributed by atoms with E-state index in [-0.39, 0.29) is 12.4 Å². The van der Waals surface area contributed by atoms with Crippen LogP contribution < -0.4 is 4.74 Å². The third-order valence-corrected chi connectivity index (χ3v) is 4.84. The Morgan fingerprint density at radius 2 is 1.21 bits per heavy atom. The molecule has 2 rings (SSSR count). The number of aromatic carboxylic acids is 1. The molecule has 0 saturated carbocycles. The van der Waals surface area contributed by atoms with Crippen molar-refractivity contribution in [2.24, 2.45) is 0 Å². The Kier molecular flexibility index (Phi) is 12.1. The van der Waals surface area contributed by atoms with Gasteiger partial charge < -0.3 is 9.84 Å². The Labute approximate surface area is 175 Å². The van der Waals surface area contributed by atoms with Gasteiger partial charge in [0.1, 0.15) is 5.75 Å². The average molecular weight is 405 g/mol. The first-order valence-corrected chi connectivity index (χ1v) is 10.3. The number of carboxylic acids is 1. The highest BCUT2D eigenvalue weighted by atomic mass is 35.5. The minimum Gasteiger partial charge on any atom is -0.494 e. The molecule has 0 amide bonds. The first-order valence-electron chi connectivity index (χ1n) is 10.3. The van der Waals surface area contributed by atoms with Crippen molar-refractivity contribution in [2.45, 2.75) is 64.7 Å². The van der Waals surface area contributed by atoms with E-state index in [1.54, 1.807) is 12.1 Å².